The summed E-state index contributed by atoms with van der Waals surface area (Å²) >= 11 is 0. The minimum atomic E-state index is 0.0245. The zero-order valence-corrected chi connectivity index (χ0v) is 23.0. The predicted molar refractivity (Wildman–Crippen MR) is 144 cm³/mol. The molecule has 0 aliphatic rings. The van der Waals surface area contributed by atoms with E-state index < -0.39 is 0 Å². The summed E-state index contributed by atoms with van der Waals surface area (Å²) in [5, 5.41) is 0. The molecular formula is C29H55N3O2. The molecule has 1 rings (SSSR count). The smallest absolute Gasteiger partial charge is 0.306 e. The number of nitrogens with zero attached hydrogens (tertiary/aromatic N) is 3. The zero-order chi connectivity index (χ0) is 24.9. The van der Waals surface area contributed by atoms with Crippen molar-refractivity contribution in [1.29, 1.82) is 0 Å². The van der Waals surface area contributed by atoms with Gasteiger partial charge in [-0.25, -0.2) is 4.98 Å². The standard InChI is InChI=1S/C29H55N3O2/c1-5-8-14-19-28(18-9-6-2)34-29(33)20-15-12-11-13-16-23-31(22-10-7-3)24-17-25-32-26-21-30-27(32)4/h21,26,28H,5-20,22-25H2,1-4H3. The summed E-state index contributed by atoms with van der Waals surface area (Å²) < 4.78 is 8.07. The van der Waals surface area contributed by atoms with Gasteiger partial charge in [0.1, 0.15) is 11.9 Å². The van der Waals surface area contributed by atoms with Crippen LogP contribution in [0.5, 0.6) is 0 Å². The summed E-state index contributed by atoms with van der Waals surface area (Å²) in [6.45, 7) is 13.4. The van der Waals surface area contributed by atoms with Crippen LogP contribution in [0, 0.1) is 6.92 Å². The highest BCUT2D eigenvalue weighted by Gasteiger charge is 2.13. The van der Waals surface area contributed by atoms with Gasteiger partial charge < -0.3 is 14.2 Å². The van der Waals surface area contributed by atoms with Crippen LogP contribution < -0.4 is 0 Å². The van der Waals surface area contributed by atoms with Crippen molar-refractivity contribution in [2.75, 3.05) is 19.6 Å². The molecule has 34 heavy (non-hydrogen) atoms. The van der Waals surface area contributed by atoms with Crippen LogP contribution in [-0.2, 0) is 16.1 Å². The second kappa shape index (κ2) is 21.0. The maximum Gasteiger partial charge on any atom is 0.306 e. The number of aryl methyl sites for hydroxylation is 2. The molecule has 0 saturated heterocycles. The van der Waals surface area contributed by atoms with Gasteiger partial charge in [-0.05, 0) is 71.5 Å². The Morgan fingerprint density at radius 1 is 0.853 bits per heavy atom. The number of unbranched alkanes of at least 4 members (excludes halogenated alkanes) is 8. The number of carbonyl (C=O) groups excluding carboxylic acids is 1. The number of rotatable bonds is 23. The fourth-order valence-electron chi connectivity index (χ4n) is 4.52. The first-order valence-corrected chi connectivity index (χ1v) is 14.5. The van der Waals surface area contributed by atoms with Gasteiger partial charge in [-0.2, -0.15) is 0 Å². The first-order chi connectivity index (χ1) is 16.6. The molecule has 0 saturated carbocycles. The van der Waals surface area contributed by atoms with Crippen LogP contribution >= 0.6 is 0 Å². The van der Waals surface area contributed by atoms with Crippen molar-refractivity contribution >= 4 is 5.97 Å². The van der Waals surface area contributed by atoms with E-state index in [1.807, 2.05) is 6.20 Å². The number of esters is 1. The van der Waals surface area contributed by atoms with E-state index in [0.29, 0.717) is 6.42 Å². The van der Waals surface area contributed by atoms with Crippen molar-refractivity contribution in [3.05, 3.63) is 18.2 Å². The van der Waals surface area contributed by atoms with E-state index in [9.17, 15) is 4.79 Å². The van der Waals surface area contributed by atoms with E-state index in [-0.39, 0.29) is 12.1 Å². The quantitative estimate of drug-likeness (QED) is 0.120. The number of hydrogen-bond donors (Lipinski definition) is 0. The van der Waals surface area contributed by atoms with Gasteiger partial charge >= 0.3 is 5.97 Å². The summed E-state index contributed by atoms with van der Waals surface area (Å²) in [7, 11) is 0. The second-order valence-electron chi connectivity index (χ2n) is 9.98. The van der Waals surface area contributed by atoms with Crippen LogP contribution in [0.15, 0.2) is 12.4 Å². The molecule has 1 aromatic rings. The number of ether oxygens (including phenoxy) is 1. The van der Waals surface area contributed by atoms with Crippen LogP contribution in [-0.4, -0.2) is 46.2 Å². The van der Waals surface area contributed by atoms with E-state index in [4.69, 9.17) is 4.74 Å². The van der Waals surface area contributed by atoms with E-state index in [2.05, 4.69) is 48.3 Å². The van der Waals surface area contributed by atoms with Crippen LogP contribution in [0.4, 0.5) is 0 Å². The van der Waals surface area contributed by atoms with E-state index in [1.54, 1.807) is 0 Å². The largest absolute Gasteiger partial charge is 0.462 e. The summed E-state index contributed by atoms with van der Waals surface area (Å²) in [5.74, 6) is 1.13. The van der Waals surface area contributed by atoms with E-state index in [1.165, 1.54) is 83.8 Å². The average Bonchev–Trinajstić information content (AvgIpc) is 3.24. The normalized spacial score (nSPS) is 12.4. The first kappa shape index (κ1) is 30.7. The molecule has 198 valence electrons. The number of carbonyl (C=O) groups is 1. The van der Waals surface area contributed by atoms with Crippen molar-refractivity contribution in [2.45, 2.75) is 143 Å². The summed E-state index contributed by atoms with van der Waals surface area (Å²) in [4.78, 5) is 19.3. The van der Waals surface area contributed by atoms with Crippen LogP contribution in [0.3, 0.4) is 0 Å². The number of hydrogen-bond acceptors (Lipinski definition) is 4. The highest BCUT2D eigenvalue weighted by Crippen LogP contribution is 2.16. The Balaban J connectivity index is 2.15. The van der Waals surface area contributed by atoms with Gasteiger partial charge in [0.15, 0.2) is 0 Å². The Morgan fingerprint density at radius 3 is 2.21 bits per heavy atom. The lowest BCUT2D eigenvalue weighted by molar-refractivity contribution is -0.150. The molecule has 0 amide bonds. The van der Waals surface area contributed by atoms with Crippen molar-refractivity contribution in [3.8, 4) is 0 Å². The lowest BCUT2D eigenvalue weighted by Crippen LogP contribution is -2.28. The van der Waals surface area contributed by atoms with Gasteiger partial charge in [-0.3, -0.25) is 4.79 Å². The van der Waals surface area contributed by atoms with Crippen LogP contribution in [0.1, 0.15) is 129 Å². The van der Waals surface area contributed by atoms with Gasteiger partial charge in [0.05, 0.1) is 0 Å². The van der Waals surface area contributed by atoms with Crippen molar-refractivity contribution in [2.24, 2.45) is 0 Å². The Hall–Kier alpha value is -1.36. The summed E-state index contributed by atoms with van der Waals surface area (Å²) in [5.41, 5.74) is 0. The molecule has 0 spiro atoms. The molecular weight excluding hydrogens is 422 g/mol. The molecule has 0 bridgehead atoms. The molecule has 0 fully saturated rings. The fourth-order valence-corrected chi connectivity index (χ4v) is 4.52. The second-order valence-corrected chi connectivity index (χ2v) is 9.98. The number of aromatic nitrogens is 2. The fraction of sp³-hybridized carbons (Fsp3) is 0.862. The molecule has 5 nitrogen and oxygen atoms in total. The van der Waals surface area contributed by atoms with Crippen molar-refractivity contribution in [3.63, 3.8) is 0 Å². The highest BCUT2D eigenvalue weighted by atomic mass is 16.5. The lowest BCUT2D eigenvalue weighted by atomic mass is 10.1. The molecule has 1 heterocycles. The third-order valence-electron chi connectivity index (χ3n) is 6.79. The maximum absolute atomic E-state index is 12.3. The highest BCUT2D eigenvalue weighted by molar-refractivity contribution is 5.69. The van der Waals surface area contributed by atoms with Crippen molar-refractivity contribution < 1.29 is 9.53 Å². The SMILES string of the molecule is CCCCCC(CCCC)OC(=O)CCCCCCCN(CCCC)CCCn1ccnc1C. The van der Waals surface area contributed by atoms with E-state index in [0.717, 1.165) is 44.5 Å². The summed E-state index contributed by atoms with van der Waals surface area (Å²) in [6, 6.07) is 0. The average molecular weight is 478 g/mol. The molecule has 0 aliphatic carbocycles. The maximum atomic E-state index is 12.3. The molecule has 1 atom stereocenters. The van der Waals surface area contributed by atoms with Gasteiger partial charge in [0.25, 0.3) is 0 Å². The van der Waals surface area contributed by atoms with Crippen LogP contribution in [0.25, 0.3) is 0 Å². The van der Waals surface area contributed by atoms with Crippen molar-refractivity contribution in [1.82, 2.24) is 14.5 Å². The molecule has 0 aromatic carbocycles. The monoisotopic (exact) mass is 477 g/mol. The third-order valence-corrected chi connectivity index (χ3v) is 6.79. The van der Waals surface area contributed by atoms with Crippen LogP contribution in [0.2, 0.25) is 0 Å². The van der Waals surface area contributed by atoms with Gasteiger partial charge in [0.2, 0.25) is 0 Å². The minimum absolute atomic E-state index is 0.0245. The molecule has 5 heteroatoms. The van der Waals surface area contributed by atoms with Gasteiger partial charge in [0, 0.05) is 25.4 Å². The lowest BCUT2D eigenvalue weighted by Gasteiger charge is -2.22. The molecule has 1 aromatic heterocycles. The zero-order valence-electron chi connectivity index (χ0n) is 23.0. The molecule has 0 aliphatic heterocycles. The minimum Gasteiger partial charge on any atom is -0.462 e. The van der Waals surface area contributed by atoms with E-state index >= 15 is 0 Å². The van der Waals surface area contributed by atoms with Gasteiger partial charge in [-0.15, -0.1) is 0 Å². The third kappa shape index (κ3) is 15.5. The summed E-state index contributed by atoms with van der Waals surface area (Å²) in [6.07, 6.45) is 22.3. The molecule has 1 unspecified atom stereocenters. The Labute approximate surface area is 211 Å². The number of imidazole rings is 1. The first-order valence-electron chi connectivity index (χ1n) is 14.5. The molecule has 0 N–H and O–H groups in total. The topological polar surface area (TPSA) is 47.4 Å². The Bertz CT molecular complexity index is 602. The Kier molecular flexibility index (Phi) is 18.9. The predicted octanol–water partition coefficient (Wildman–Crippen LogP) is 7.71. The molecule has 0 radical (unpaired) electrons. The van der Waals surface area contributed by atoms with Gasteiger partial charge in [-0.1, -0.05) is 72.1 Å². The Morgan fingerprint density at radius 2 is 1.50 bits per heavy atom.